The van der Waals surface area contributed by atoms with E-state index in [1.807, 2.05) is 0 Å². The lowest BCUT2D eigenvalue weighted by Gasteiger charge is -2.50. The molecule has 15 heavy (non-hydrogen) atoms. The number of aliphatic imine (C=N–C) groups is 1. The van der Waals surface area contributed by atoms with Crippen LogP contribution in [0.3, 0.4) is 0 Å². The van der Waals surface area contributed by atoms with Crippen molar-refractivity contribution in [3.05, 3.63) is 0 Å². The summed E-state index contributed by atoms with van der Waals surface area (Å²) in [5.41, 5.74) is -0.788. The molecule has 0 aliphatic carbocycles. The molecule has 2 fully saturated rings. The zero-order chi connectivity index (χ0) is 10.8. The average Bonchev–Trinajstić information content (AvgIpc) is 2.62. The average molecular weight is 249 g/mol. The van der Waals surface area contributed by atoms with Crippen molar-refractivity contribution in [1.82, 2.24) is 5.32 Å². The normalized spacial score (nSPS) is 52.5. The van der Waals surface area contributed by atoms with Gasteiger partial charge in [0.2, 0.25) is 5.00 Å². The number of nitrogens with one attached hydrogen (secondary N) is 1. The molecule has 4 heterocycles. The van der Waals surface area contributed by atoms with Crippen molar-refractivity contribution in [2.75, 3.05) is 13.1 Å². The van der Waals surface area contributed by atoms with Crippen LogP contribution < -0.4 is 5.32 Å². The Labute approximate surface area is 97.0 Å². The first kappa shape index (κ1) is 9.87. The molecule has 2 saturated heterocycles. The first-order chi connectivity index (χ1) is 6.98. The summed E-state index contributed by atoms with van der Waals surface area (Å²) in [6.07, 6.45) is 0. The van der Waals surface area contributed by atoms with Crippen molar-refractivity contribution in [1.29, 1.82) is 0 Å². The maximum Gasteiger partial charge on any atom is 0.350 e. The van der Waals surface area contributed by atoms with Gasteiger partial charge >= 0.3 is 5.97 Å². The Bertz CT molecular complexity index is 386. The van der Waals surface area contributed by atoms with Crippen molar-refractivity contribution in [3.63, 3.8) is 0 Å². The molecule has 82 valence electrons. The molecule has 0 spiro atoms. The maximum atomic E-state index is 11.7. The van der Waals surface area contributed by atoms with Crippen LogP contribution >= 0.6 is 23.2 Å². The third-order valence-electron chi connectivity index (χ3n) is 3.67. The van der Waals surface area contributed by atoms with E-state index in [0.29, 0.717) is 11.7 Å². The first-order valence-corrected chi connectivity index (χ1v) is 5.63. The SMILES string of the molecule is CC12OC(=O)C(Cl)(N=C1Cl)C1CNCC12. The van der Waals surface area contributed by atoms with Gasteiger partial charge in [-0.25, -0.2) is 9.79 Å². The zero-order valence-corrected chi connectivity index (χ0v) is 9.60. The fraction of sp³-hybridized carbons (Fsp3) is 0.778. The number of halogens is 2. The standard InChI is InChI=1S/C9H10Cl2N2O2/c1-8-4-2-12-3-5(4)9(11,7(14)15-8)13-6(8)10/h4-5,12H,2-3H2,1H3. The smallest absolute Gasteiger partial charge is 0.350 e. The second kappa shape index (κ2) is 2.67. The molecule has 4 atom stereocenters. The molecule has 6 heteroatoms. The largest absolute Gasteiger partial charge is 0.449 e. The van der Waals surface area contributed by atoms with Gasteiger partial charge in [-0.1, -0.05) is 23.2 Å². The molecule has 0 amide bonds. The highest BCUT2D eigenvalue weighted by Crippen LogP contribution is 2.52. The van der Waals surface area contributed by atoms with Crippen molar-refractivity contribution in [3.8, 4) is 0 Å². The summed E-state index contributed by atoms with van der Waals surface area (Å²) in [5.74, 6) is -0.369. The first-order valence-electron chi connectivity index (χ1n) is 4.87. The third kappa shape index (κ3) is 0.978. The molecule has 0 saturated carbocycles. The van der Waals surface area contributed by atoms with E-state index in [1.54, 1.807) is 6.92 Å². The summed E-state index contributed by atoms with van der Waals surface area (Å²) >= 11 is 12.3. The molecular formula is C9H10Cl2N2O2. The van der Waals surface area contributed by atoms with Gasteiger partial charge in [-0.2, -0.15) is 0 Å². The molecule has 4 aliphatic heterocycles. The van der Waals surface area contributed by atoms with Gasteiger partial charge in [0.25, 0.3) is 0 Å². The number of fused-ring (bicyclic) bond motifs is 1. The van der Waals surface area contributed by atoms with Gasteiger partial charge < -0.3 is 10.1 Å². The quantitative estimate of drug-likeness (QED) is 0.391. The second-order valence-electron chi connectivity index (χ2n) is 4.44. The molecule has 4 unspecified atom stereocenters. The van der Waals surface area contributed by atoms with Gasteiger partial charge in [0, 0.05) is 24.9 Å². The van der Waals surface area contributed by atoms with Crippen LogP contribution in [0.1, 0.15) is 6.92 Å². The number of carbonyl (C=O) groups is 1. The van der Waals surface area contributed by atoms with E-state index >= 15 is 0 Å². The number of carbonyl (C=O) groups excluding carboxylic acids is 1. The third-order valence-corrected chi connectivity index (χ3v) is 4.65. The van der Waals surface area contributed by atoms with E-state index in [4.69, 9.17) is 27.9 Å². The summed E-state index contributed by atoms with van der Waals surface area (Å²) in [5, 5.41) is 3.52. The minimum Gasteiger partial charge on any atom is -0.449 e. The zero-order valence-electron chi connectivity index (χ0n) is 8.09. The van der Waals surface area contributed by atoms with E-state index in [-0.39, 0.29) is 11.8 Å². The van der Waals surface area contributed by atoms with Crippen molar-refractivity contribution < 1.29 is 9.53 Å². The summed E-state index contributed by atoms with van der Waals surface area (Å²) in [7, 11) is 0. The molecule has 0 radical (unpaired) electrons. The second-order valence-corrected chi connectivity index (χ2v) is 5.38. The number of ether oxygens (including phenoxy) is 1. The van der Waals surface area contributed by atoms with E-state index in [1.165, 1.54) is 0 Å². The van der Waals surface area contributed by atoms with Gasteiger partial charge in [0.05, 0.1) is 0 Å². The van der Waals surface area contributed by atoms with E-state index in [0.717, 1.165) is 6.54 Å². The fourth-order valence-electron chi connectivity index (χ4n) is 2.73. The Kier molecular flexibility index (Phi) is 1.76. The van der Waals surface area contributed by atoms with E-state index < -0.39 is 16.6 Å². The van der Waals surface area contributed by atoms with Gasteiger partial charge in [-0.05, 0) is 6.92 Å². The molecule has 4 nitrogen and oxygen atoms in total. The van der Waals surface area contributed by atoms with Crippen LogP contribution in [0, 0.1) is 11.8 Å². The lowest BCUT2D eigenvalue weighted by atomic mass is 9.73. The Morgan fingerprint density at radius 1 is 1.53 bits per heavy atom. The van der Waals surface area contributed by atoms with Crippen LogP contribution in [0.15, 0.2) is 4.99 Å². The highest BCUT2D eigenvalue weighted by atomic mass is 35.5. The Hall–Kier alpha value is -0.320. The lowest BCUT2D eigenvalue weighted by Crippen LogP contribution is -2.65. The number of nitrogens with zero attached hydrogens (tertiary/aromatic N) is 1. The van der Waals surface area contributed by atoms with Gasteiger partial charge in [0.15, 0.2) is 5.60 Å². The molecule has 2 bridgehead atoms. The van der Waals surface area contributed by atoms with E-state index in [9.17, 15) is 4.79 Å². The van der Waals surface area contributed by atoms with Gasteiger partial charge in [0.1, 0.15) is 5.17 Å². The highest BCUT2D eigenvalue weighted by molar-refractivity contribution is 6.68. The maximum absolute atomic E-state index is 11.7. The summed E-state index contributed by atoms with van der Waals surface area (Å²) in [6.45, 7) is 3.25. The monoisotopic (exact) mass is 248 g/mol. The summed E-state index contributed by atoms with van der Waals surface area (Å²) < 4.78 is 5.33. The van der Waals surface area contributed by atoms with Crippen molar-refractivity contribution in [2.24, 2.45) is 16.8 Å². The molecular weight excluding hydrogens is 239 g/mol. The lowest BCUT2D eigenvalue weighted by molar-refractivity contribution is -0.175. The van der Waals surface area contributed by atoms with Crippen LogP contribution in [0.4, 0.5) is 0 Å². The Balaban J connectivity index is 2.20. The molecule has 4 aliphatic rings. The number of alkyl halides is 1. The van der Waals surface area contributed by atoms with Crippen LogP contribution in [-0.4, -0.2) is 34.8 Å². The molecule has 0 aromatic carbocycles. The predicted octanol–water partition coefficient (Wildman–Crippen LogP) is 0.723. The number of hydrogen-bond acceptors (Lipinski definition) is 4. The van der Waals surface area contributed by atoms with Gasteiger partial charge in [-0.3, -0.25) is 0 Å². The summed E-state index contributed by atoms with van der Waals surface area (Å²) in [4.78, 5) is 14.5. The topological polar surface area (TPSA) is 50.7 Å². The van der Waals surface area contributed by atoms with Crippen LogP contribution in [0.2, 0.25) is 0 Å². The van der Waals surface area contributed by atoms with Crippen LogP contribution in [0.5, 0.6) is 0 Å². The molecule has 4 rings (SSSR count). The summed E-state index contributed by atoms with van der Waals surface area (Å²) in [6, 6.07) is 0. The predicted molar refractivity (Wildman–Crippen MR) is 56.2 cm³/mol. The number of rotatable bonds is 0. The Morgan fingerprint density at radius 2 is 2.20 bits per heavy atom. The van der Waals surface area contributed by atoms with E-state index in [2.05, 4.69) is 10.3 Å². The molecule has 0 aromatic heterocycles. The van der Waals surface area contributed by atoms with Gasteiger partial charge in [-0.15, -0.1) is 0 Å². The van der Waals surface area contributed by atoms with Crippen LogP contribution in [0.25, 0.3) is 0 Å². The minimum atomic E-state index is -1.30. The highest BCUT2D eigenvalue weighted by Gasteiger charge is 2.67. The van der Waals surface area contributed by atoms with Crippen molar-refractivity contribution in [2.45, 2.75) is 17.5 Å². The van der Waals surface area contributed by atoms with Crippen LogP contribution in [-0.2, 0) is 9.53 Å². The Morgan fingerprint density at radius 3 is 2.93 bits per heavy atom. The molecule has 1 N–H and O–H groups in total. The number of esters is 1. The minimum absolute atomic E-state index is 0.0204. The van der Waals surface area contributed by atoms with Crippen molar-refractivity contribution >= 4 is 34.3 Å². The molecule has 0 aromatic rings. The fourth-order valence-corrected chi connectivity index (χ4v) is 3.44. The number of hydrogen-bond donors (Lipinski definition) is 1.